The summed E-state index contributed by atoms with van der Waals surface area (Å²) < 4.78 is 5.02. The Hall–Kier alpha value is -0.960. The molecule has 1 heterocycles. The average molecular weight is 230 g/mol. The quantitative estimate of drug-likeness (QED) is 0.789. The molecule has 84 valence electrons. The van der Waals surface area contributed by atoms with Crippen LogP contribution in [0.25, 0.3) is 0 Å². The second-order valence-electron chi connectivity index (χ2n) is 3.55. The Labute approximate surface area is 94.8 Å². The van der Waals surface area contributed by atoms with Crippen LogP contribution in [0, 0.1) is 0 Å². The molecule has 0 saturated carbocycles. The van der Waals surface area contributed by atoms with Crippen molar-refractivity contribution >= 4 is 17.5 Å². The van der Waals surface area contributed by atoms with E-state index in [1.807, 2.05) is 13.8 Å². The van der Waals surface area contributed by atoms with E-state index in [4.69, 9.17) is 16.0 Å². The average Bonchev–Trinajstić information content (AvgIpc) is 2.79. The molecule has 0 saturated heterocycles. The third-order valence-electron chi connectivity index (χ3n) is 2.73. The summed E-state index contributed by atoms with van der Waals surface area (Å²) in [5.74, 6) is 0.530. The lowest BCUT2D eigenvalue weighted by atomic mass is 9.95. The van der Waals surface area contributed by atoms with Crippen molar-refractivity contribution in [2.24, 2.45) is 0 Å². The first kappa shape index (κ1) is 12.1. The minimum Gasteiger partial charge on any atom is -0.459 e. The summed E-state index contributed by atoms with van der Waals surface area (Å²) in [5, 5.41) is 2.92. The van der Waals surface area contributed by atoms with Crippen LogP contribution in [-0.2, 0) is 0 Å². The number of furan rings is 1. The van der Waals surface area contributed by atoms with Gasteiger partial charge in [-0.15, -0.1) is 11.6 Å². The zero-order valence-electron chi connectivity index (χ0n) is 9.05. The number of carbonyl (C=O) groups excluding carboxylic acids is 1. The van der Waals surface area contributed by atoms with Gasteiger partial charge in [0.2, 0.25) is 0 Å². The molecule has 0 fully saturated rings. The maximum Gasteiger partial charge on any atom is 0.287 e. The highest BCUT2D eigenvalue weighted by Gasteiger charge is 2.28. The number of hydrogen-bond donors (Lipinski definition) is 1. The Morgan fingerprint density at radius 3 is 2.60 bits per heavy atom. The number of carbonyl (C=O) groups is 1. The number of nitrogens with one attached hydrogen (secondary N) is 1. The predicted molar refractivity (Wildman–Crippen MR) is 60.2 cm³/mol. The van der Waals surface area contributed by atoms with E-state index in [0.717, 1.165) is 12.8 Å². The zero-order valence-corrected chi connectivity index (χ0v) is 9.80. The van der Waals surface area contributed by atoms with Gasteiger partial charge >= 0.3 is 0 Å². The van der Waals surface area contributed by atoms with Gasteiger partial charge in [0.15, 0.2) is 5.76 Å². The van der Waals surface area contributed by atoms with Crippen molar-refractivity contribution in [2.45, 2.75) is 32.2 Å². The van der Waals surface area contributed by atoms with Gasteiger partial charge in [-0.2, -0.15) is 0 Å². The number of rotatable bonds is 5. The van der Waals surface area contributed by atoms with Gasteiger partial charge in [-0.05, 0) is 25.0 Å². The van der Waals surface area contributed by atoms with Gasteiger partial charge in [0.25, 0.3) is 5.91 Å². The van der Waals surface area contributed by atoms with Crippen LogP contribution in [0.3, 0.4) is 0 Å². The molecule has 0 aliphatic heterocycles. The molecule has 4 heteroatoms. The molecular weight excluding hydrogens is 214 g/mol. The van der Waals surface area contributed by atoms with Crippen molar-refractivity contribution in [1.29, 1.82) is 0 Å². The van der Waals surface area contributed by atoms with Crippen molar-refractivity contribution in [2.75, 3.05) is 5.88 Å². The van der Waals surface area contributed by atoms with Crippen LogP contribution in [0.15, 0.2) is 22.8 Å². The first-order chi connectivity index (χ1) is 7.17. The van der Waals surface area contributed by atoms with Crippen molar-refractivity contribution in [3.05, 3.63) is 24.2 Å². The van der Waals surface area contributed by atoms with E-state index in [2.05, 4.69) is 5.32 Å². The van der Waals surface area contributed by atoms with Crippen LogP contribution in [0.2, 0.25) is 0 Å². The second-order valence-corrected chi connectivity index (χ2v) is 3.82. The maximum absolute atomic E-state index is 11.7. The lowest BCUT2D eigenvalue weighted by Gasteiger charge is -2.30. The normalized spacial score (nSPS) is 11.4. The molecule has 0 bridgehead atoms. The van der Waals surface area contributed by atoms with Gasteiger partial charge in [-0.25, -0.2) is 0 Å². The van der Waals surface area contributed by atoms with Gasteiger partial charge in [-0.3, -0.25) is 4.79 Å². The van der Waals surface area contributed by atoms with Crippen molar-refractivity contribution < 1.29 is 9.21 Å². The van der Waals surface area contributed by atoms with Crippen LogP contribution >= 0.6 is 11.6 Å². The molecule has 1 aromatic heterocycles. The fraction of sp³-hybridized carbons (Fsp3) is 0.545. The van der Waals surface area contributed by atoms with Gasteiger partial charge in [0, 0.05) is 5.88 Å². The smallest absolute Gasteiger partial charge is 0.287 e. The molecule has 0 aliphatic rings. The van der Waals surface area contributed by atoms with E-state index in [1.165, 1.54) is 6.26 Å². The molecule has 1 aromatic rings. The predicted octanol–water partition coefficient (Wildman–Crippen LogP) is 2.81. The van der Waals surface area contributed by atoms with E-state index in [9.17, 15) is 4.79 Å². The third-order valence-corrected chi connectivity index (χ3v) is 3.24. The summed E-state index contributed by atoms with van der Waals surface area (Å²) in [6.07, 6.45) is 3.09. The summed E-state index contributed by atoms with van der Waals surface area (Å²) in [5.41, 5.74) is -0.328. The highest BCUT2D eigenvalue weighted by molar-refractivity contribution is 6.18. The lowest BCUT2D eigenvalue weighted by Crippen LogP contribution is -2.49. The molecule has 0 aliphatic carbocycles. The van der Waals surface area contributed by atoms with Crippen LogP contribution in [0.1, 0.15) is 37.2 Å². The summed E-state index contributed by atoms with van der Waals surface area (Å²) in [7, 11) is 0. The van der Waals surface area contributed by atoms with E-state index in [0.29, 0.717) is 11.6 Å². The fourth-order valence-electron chi connectivity index (χ4n) is 1.36. The first-order valence-corrected chi connectivity index (χ1v) is 5.63. The van der Waals surface area contributed by atoms with Gasteiger partial charge < -0.3 is 9.73 Å². The molecule has 1 N–H and O–H groups in total. The number of alkyl halides is 1. The molecule has 15 heavy (non-hydrogen) atoms. The molecule has 3 nitrogen and oxygen atoms in total. The summed E-state index contributed by atoms with van der Waals surface area (Å²) >= 11 is 5.88. The second kappa shape index (κ2) is 5.21. The van der Waals surface area contributed by atoms with E-state index in [-0.39, 0.29) is 11.4 Å². The Kier molecular flexibility index (Phi) is 4.21. The molecule has 0 spiro atoms. The molecule has 0 radical (unpaired) electrons. The molecule has 0 unspecified atom stereocenters. The van der Waals surface area contributed by atoms with Crippen LogP contribution in [0.4, 0.5) is 0 Å². The van der Waals surface area contributed by atoms with E-state index in [1.54, 1.807) is 12.1 Å². The highest BCUT2D eigenvalue weighted by Crippen LogP contribution is 2.18. The Balaban J connectivity index is 2.71. The van der Waals surface area contributed by atoms with Gasteiger partial charge in [-0.1, -0.05) is 13.8 Å². The van der Waals surface area contributed by atoms with Crippen LogP contribution in [0.5, 0.6) is 0 Å². The van der Waals surface area contributed by atoms with Gasteiger partial charge in [0.1, 0.15) is 0 Å². The van der Waals surface area contributed by atoms with Crippen molar-refractivity contribution in [3.63, 3.8) is 0 Å². The fourth-order valence-corrected chi connectivity index (χ4v) is 1.80. The molecule has 0 atom stereocenters. The Morgan fingerprint density at radius 1 is 1.53 bits per heavy atom. The molecule has 0 aromatic carbocycles. The van der Waals surface area contributed by atoms with Crippen LogP contribution < -0.4 is 5.32 Å². The maximum atomic E-state index is 11.7. The monoisotopic (exact) mass is 229 g/mol. The first-order valence-electron chi connectivity index (χ1n) is 5.09. The minimum atomic E-state index is -0.328. The van der Waals surface area contributed by atoms with E-state index >= 15 is 0 Å². The zero-order chi connectivity index (χ0) is 11.3. The molecule has 1 amide bonds. The molecule has 1 rings (SSSR count). The third kappa shape index (κ3) is 2.75. The Bertz CT molecular complexity index is 296. The van der Waals surface area contributed by atoms with Crippen molar-refractivity contribution in [1.82, 2.24) is 5.32 Å². The lowest BCUT2D eigenvalue weighted by molar-refractivity contribution is 0.0874. The number of halogens is 1. The number of hydrogen-bond acceptors (Lipinski definition) is 2. The molecular formula is C11H16ClNO2. The number of amides is 1. The minimum absolute atomic E-state index is 0.204. The summed E-state index contributed by atoms with van der Waals surface area (Å²) in [4.78, 5) is 11.7. The summed E-state index contributed by atoms with van der Waals surface area (Å²) in [6, 6.07) is 3.33. The largest absolute Gasteiger partial charge is 0.459 e. The highest BCUT2D eigenvalue weighted by atomic mass is 35.5. The van der Waals surface area contributed by atoms with Crippen LogP contribution in [-0.4, -0.2) is 17.3 Å². The van der Waals surface area contributed by atoms with Crippen molar-refractivity contribution in [3.8, 4) is 0 Å². The van der Waals surface area contributed by atoms with E-state index < -0.39 is 0 Å². The van der Waals surface area contributed by atoms with Gasteiger partial charge in [0.05, 0.1) is 11.8 Å². The Morgan fingerprint density at radius 2 is 2.20 bits per heavy atom. The standard InChI is InChI=1S/C11H16ClNO2/c1-3-11(4-2,8-12)13-10(14)9-6-5-7-15-9/h5-7H,3-4,8H2,1-2H3,(H,13,14). The topological polar surface area (TPSA) is 42.2 Å². The SMILES string of the molecule is CCC(CC)(CCl)NC(=O)c1ccco1. The summed E-state index contributed by atoms with van der Waals surface area (Å²) in [6.45, 7) is 4.02.